The van der Waals surface area contributed by atoms with Gasteiger partial charge in [0.2, 0.25) is 5.91 Å². The molecule has 0 radical (unpaired) electrons. The highest BCUT2D eigenvalue weighted by atomic mass is 35.5. The molecule has 20 heavy (non-hydrogen) atoms. The van der Waals surface area contributed by atoms with E-state index in [9.17, 15) is 9.59 Å². The van der Waals surface area contributed by atoms with E-state index < -0.39 is 11.5 Å². The molecule has 0 aliphatic carbocycles. The molecule has 0 aromatic carbocycles. The summed E-state index contributed by atoms with van der Waals surface area (Å²) in [5.74, 6) is -0.711. The second-order valence-electron chi connectivity index (χ2n) is 5.28. The van der Waals surface area contributed by atoms with Gasteiger partial charge in [0.1, 0.15) is 16.5 Å². The normalized spacial score (nSPS) is 18.3. The zero-order chi connectivity index (χ0) is 15.1. The molecule has 0 unspecified atom stereocenters. The van der Waals surface area contributed by atoms with Crippen LogP contribution in [0.2, 0.25) is 5.15 Å². The molecule has 108 valence electrons. The number of carbonyl (C=O) groups excluding carboxylic acids is 1. The summed E-state index contributed by atoms with van der Waals surface area (Å²) in [4.78, 5) is 30.9. The number of piperazine rings is 1. The molecule has 1 aliphatic rings. The average molecular weight is 298 g/mol. The van der Waals surface area contributed by atoms with Crippen molar-refractivity contribution >= 4 is 29.3 Å². The maximum absolute atomic E-state index is 12.2. The molecule has 6 nitrogen and oxygen atoms in total. The SMILES string of the molecule is CN1CCN(c2cc(C(=O)O)cc(Cl)n2)C(C)(C)C1=O. The van der Waals surface area contributed by atoms with Crippen molar-refractivity contribution in [2.24, 2.45) is 0 Å². The Morgan fingerprint density at radius 3 is 2.65 bits per heavy atom. The van der Waals surface area contributed by atoms with E-state index in [0.29, 0.717) is 18.9 Å². The number of carboxylic acids is 1. The average Bonchev–Trinajstić information content (AvgIpc) is 2.35. The molecule has 1 amide bonds. The standard InChI is InChI=1S/C13H16ClN3O3/c1-13(2)12(20)16(3)4-5-17(13)10-7-8(11(18)19)6-9(14)15-10/h6-7H,4-5H2,1-3H3,(H,18,19). The van der Waals surface area contributed by atoms with Gasteiger partial charge in [-0.2, -0.15) is 0 Å². The summed E-state index contributed by atoms with van der Waals surface area (Å²) >= 11 is 5.88. The molecule has 1 N–H and O–H groups in total. The Balaban J connectivity index is 2.45. The molecule has 1 aromatic rings. The molecule has 1 fully saturated rings. The number of aromatic nitrogens is 1. The fourth-order valence-electron chi connectivity index (χ4n) is 2.36. The predicted molar refractivity (Wildman–Crippen MR) is 75.3 cm³/mol. The van der Waals surface area contributed by atoms with Crippen LogP contribution in [-0.2, 0) is 4.79 Å². The lowest BCUT2D eigenvalue weighted by atomic mass is 9.97. The number of rotatable bonds is 2. The lowest BCUT2D eigenvalue weighted by Gasteiger charge is -2.45. The number of amides is 1. The number of hydrogen-bond acceptors (Lipinski definition) is 4. The number of carboxylic acid groups (broad SMARTS) is 1. The molecule has 7 heteroatoms. The van der Waals surface area contributed by atoms with Crippen LogP contribution in [0.4, 0.5) is 5.82 Å². The fourth-order valence-corrected chi connectivity index (χ4v) is 2.56. The van der Waals surface area contributed by atoms with Gasteiger partial charge in [-0.25, -0.2) is 9.78 Å². The van der Waals surface area contributed by atoms with Crippen LogP contribution in [0.15, 0.2) is 12.1 Å². The zero-order valence-corrected chi connectivity index (χ0v) is 12.3. The minimum atomic E-state index is -1.08. The van der Waals surface area contributed by atoms with Gasteiger partial charge in [-0.3, -0.25) is 4.79 Å². The molecule has 2 rings (SSSR count). The van der Waals surface area contributed by atoms with E-state index in [1.165, 1.54) is 12.1 Å². The highest BCUT2D eigenvalue weighted by Gasteiger charge is 2.41. The van der Waals surface area contributed by atoms with Gasteiger partial charge in [0.25, 0.3) is 0 Å². The first-order valence-electron chi connectivity index (χ1n) is 6.17. The summed E-state index contributed by atoms with van der Waals surface area (Å²) in [6.45, 7) is 4.70. The Morgan fingerprint density at radius 1 is 1.40 bits per heavy atom. The van der Waals surface area contributed by atoms with Crippen molar-refractivity contribution in [3.05, 3.63) is 22.8 Å². The number of nitrogens with zero attached hydrogens (tertiary/aromatic N) is 3. The number of likely N-dealkylation sites (N-methyl/N-ethyl adjacent to an activating group) is 1. The first kappa shape index (κ1) is 14.6. The number of pyridine rings is 1. The second-order valence-corrected chi connectivity index (χ2v) is 5.67. The van der Waals surface area contributed by atoms with Gasteiger partial charge >= 0.3 is 5.97 Å². The topological polar surface area (TPSA) is 73.7 Å². The Kier molecular flexibility index (Phi) is 3.60. The predicted octanol–water partition coefficient (Wildman–Crippen LogP) is 1.49. The van der Waals surface area contributed by atoms with Gasteiger partial charge in [0, 0.05) is 20.1 Å². The molecule has 0 bridgehead atoms. The summed E-state index contributed by atoms with van der Waals surface area (Å²) in [5.41, 5.74) is -0.734. The number of hydrogen-bond donors (Lipinski definition) is 1. The van der Waals surface area contributed by atoms with Gasteiger partial charge in [-0.15, -0.1) is 0 Å². The van der Waals surface area contributed by atoms with Crippen molar-refractivity contribution in [2.75, 3.05) is 25.0 Å². The van der Waals surface area contributed by atoms with Gasteiger partial charge in [0.15, 0.2) is 0 Å². The van der Waals surface area contributed by atoms with Crippen molar-refractivity contribution in [3.8, 4) is 0 Å². The third kappa shape index (κ3) is 2.43. The van der Waals surface area contributed by atoms with E-state index in [4.69, 9.17) is 16.7 Å². The Bertz CT molecular complexity index is 574. The molecular formula is C13H16ClN3O3. The quantitative estimate of drug-likeness (QED) is 0.837. The number of halogens is 1. The Morgan fingerprint density at radius 2 is 2.05 bits per heavy atom. The van der Waals surface area contributed by atoms with Crippen LogP contribution in [0.3, 0.4) is 0 Å². The van der Waals surface area contributed by atoms with E-state index >= 15 is 0 Å². The molecule has 0 saturated carbocycles. The molecule has 0 atom stereocenters. The minimum absolute atomic E-state index is 0.0394. The largest absolute Gasteiger partial charge is 0.478 e. The van der Waals surface area contributed by atoms with E-state index in [2.05, 4.69) is 4.98 Å². The molecular weight excluding hydrogens is 282 g/mol. The van der Waals surface area contributed by atoms with Crippen molar-refractivity contribution in [3.63, 3.8) is 0 Å². The van der Waals surface area contributed by atoms with Crippen LogP contribution in [0.5, 0.6) is 0 Å². The van der Waals surface area contributed by atoms with Crippen molar-refractivity contribution < 1.29 is 14.7 Å². The summed E-state index contributed by atoms with van der Waals surface area (Å²) < 4.78 is 0. The maximum Gasteiger partial charge on any atom is 0.335 e. The lowest BCUT2D eigenvalue weighted by Crippen LogP contribution is -2.62. The van der Waals surface area contributed by atoms with Crippen LogP contribution >= 0.6 is 11.6 Å². The molecule has 2 heterocycles. The number of anilines is 1. The monoisotopic (exact) mass is 297 g/mol. The highest BCUT2D eigenvalue weighted by Crippen LogP contribution is 2.29. The maximum atomic E-state index is 12.2. The smallest absolute Gasteiger partial charge is 0.335 e. The van der Waals surface area contributed by atoms with Crippen molar-refractivity contribution in [1.82, 2.24) is 9.88 Å². The zero-order valence-electron chi connectivity index (χ0n) is 11.6. The van der Waals surface area contributed by atoms with E-state index in [1.807, 2.05) is 0 Å². The molecule has 1 saturated heterocycles. The van der Waals surface area contributed by atoms with Gasteiger partial charge < -0.3 is 14.9 Å². The molecule has 1 aromatic heterocycles. The summed E-state index contributed by atoms with van der Waals surface area (Å²) in [5, 5.41) is 9.18. The van der Waals surface area contributed by atoms with Crippen LogP contribution in [-0.4, -0.2) is 52.5 Å². The fraction of sp³-hybridized carbons (Fsp3) is 0.462. The first-order valence-corrected chi connectivity index (χ1v) is 6.55. The van der Waals surface area contributed by atoms with Crippen molar-refractivity contribution in [2.45, 2.75) is 19.4 Å². The van der Waals surface area contributed by atoms with E-state index in [0.717, 1.165) is 0 Å². The number of aromatic carboxylic acids is 1. The van der Waals surface area contributed by atoms with Crippen molar-refractivity contribution in [1.29, 1.82) is 0 Å². The third-order valence-corrected chi connectivity index (χ3v) is 3.70. The summed E-state index contributed by atoms with van der Waals surface area (Å²) in [6, 6.07) is 2.73. The minimum Gasteiger partial charge on any atom is -0.478 e. The Hall–Kier alpha value is -1.82. The lowest BCUT2D eigenvalue weighted by molar-refractivity contribution is -0.136. The van der Waals surface area contributed by atoms with E-state index in [1.54, 1.807) is 30.7 Å². The van der Waals surface area contributed by atoms with Crippen LogP contribution < -0.4 is 4.90 Å². The van der Waals surface area contributed by atoms with Gasteiger partial charge in [-0.1, -0.05) is 11.6 Å². The van der Waals surface area contributed by atoms with E-state index in [-0.39, 0.29) is 16.6 Å². The Labute approximate surface area is 122 Å². The third-order valence-electron chi connectivity index (χ3n) is 3.51. The number of carbonyl (C=O) groups is 2. The second kappa shape index (κ2) is 4.94. The molecule has 0 spiro atoms. The molecule has 1 aliphatic heterocycles. The first-order chi connectivity index (χ1) is 9.23. The van der Waals surface area contributed by atoms with Crippen LogP contribution in [0, 0.1) is 0 Å². The summed E-state index contributed by atoms with van der Waals surface area (Å²) in [6.07, 6.45) is 0. The van der Waals surface area contributed by atoms with Gasteiger partial charge in [0.05, 0.1) is 5.56 Å². The van der Waals surface area contributed by atoms with Crippen LogP contribution in [0.1, 0.15) is 24.2 Å². The highest BCUT2D eigenvalue weighted by molar-refractivity contribution is 6.29. The van der Waals surface area contributed by atoms with Gasteiger partial charge in [-0.05, 0) is 26.0 Å². The summed E-state index contributed by atoms with van der Waals surface area (Å²) in [7, 11) is 1.75. The van der Waals surface area contributed by atoms with Crippen LogP contribution in [0.25, 0.3) is 0 Å².